The summed E-state index contributed by atoms with van der Waals surface area (Å²) in [5, 5.41) is 0. The summed E-state index contributed by atoms with van der Waals surface area (Å²) >= 11 is 3.62. The molecule has 0 N–H and O–H groups in total. The minimum absolute atomic E-state index is 0.0760. The van der Waals surface area contributed by atoms with Crippen LogP contribution in [0.3, 0.4) is 0 Å². The second kappa shape index (κ2) is 7.74. The van der Waals surface area contributed by atoms with Crippen molar-refractivity contribution in [1.29, 1.82) is 0 Å². The van der Waals surface area contributed by atoms with Crippen LogP contribution in [0, 0.1) is 20.8 Å². The number of carbonyl (C=O) groups excluding carboxylic acids is 2. The van der Waals surface area contributed by atoms with Crippen LogP contribution in [-0.4, -0.2) is 18.4 Å². The van der Waals surface area contributed by atoms with Crippen LogP contribution in [0.1, 0.15) is 54.9 Å². The van der Waals surface area contributed by atoms with Crippen molar-refractivity contribution in [2.75, 3.05) is 6.61 Å². The van der Waals surface area contributed by atoms with Crippen LogP contribution in [0.15, 0.2) is 10.5 Å². The Labute approximate surface area is 135 Å². The van der Waals surface area contributed by atoms with Crippen molar-refractivity contribution < 1.29 is 14.3 Å². The summed E-state index contributed by atoms with van der Waals surface area (Å²) in [5.41, 5.74) is 4.56. The molecule has 116 valence electrons. The summed E-state index contributed by atoms with van der Waals surface area (Å²) in [6.07, 6.45) is 0.577. The fourth-order valence-electron chi connectivity index (χ4n) is 2.44. The lowest BCUT2D eigenvalue weighted by Gasteiger charge is -2.20. The molecule has 1 unspecified atom stereocenters. The molecule has 1 aromatic rings. The quantitative estimate of drug-likeness (QED) is 0.711. The first-order valence-corrected chi connectivity index (χ1v) is 7.98. The van der Waals surface area contributed by atoms with Gasteiger partial charge < -0.3 is 9.53 Å². The molecular formula is C17H23BrO3. The molecule has 1 atom stereocenters. The van der Waals surface area contributed by atoms with Gasteiger partial charge in [-0.15, -0.1) is 0 Å². The maximum absolute atomic E-state index is 11.8. The van der Waals surface area contributed by atoms with Gasteiger partial charge in [-0.05, 0) is 56.9 Å². The third-order valence-electron chi connectivity index (χ3n) is 3.80. The van der Waals surface area contributed by atoms with E-state index in [0.717, 1.165) is 15.6 Å². The lowest BCUT2D eigenvalue weighted by molar-refractivity contribution is -0.143. The standard InChI is InChI=1S/C17H23BrO3/c1-6-21-16(20)9-14(8-11(3)19)15-7-10(2)12(4)13(5)17(15)18/h7,14H,6,8-9H2,1-5H3. The minimum Gasteiger partial charge on any atom is -0.466 e. The molecule has 4 heteroatoms. The topological polar surface area (TPSA) is 43.4 Å². The minimum atomic E-state index is -0.258. The Morgan fingerprint density at radius 1 is 1.19 bits per heavy atom. The largest absolute Gasteiger partial charge is 0.466 e. The fraction of sp³-hybridized carbons (Fsp3) is 0.529. The molecular weight excluding hydrogens is 332 g/mol. The van der Waals surface area contributed by atoms with Crippen LogP contribution in [0.4, 0.5) is 0 Å². The second-order valence-corrected chi connectivity index (χ2v) is 6.25. The number of aryl methyl sites for hydroxylation is 1. The van der Waals surface area contributed by atoms with Gasteiger partial charge in [-0.2, -0.15) is 0 Å². The zero-order chi connectivity index (χ0) is 16.2. The predicted molar refractivity (Wildman–Crippen MR) is 87.6 cm³/mol. The van der Waals surface area contributed by atoms with E-state index in [1.165, 1.54) is 11.1 Å². The molecule has 0 aliphatic carbocycles. The van der Waals surface area contributed by atoms with E-state index >= 15 is 0 Å². The molecule has 0 saturated carbocycles. The van der Waals surface area contributed by atoms with Crippen LogP contribution in [0.25, 0.3) is 0 Å². The number of hydrogen-bond donors (Lipinski definition) is 0. The number of carbonyl (C=O) groups is 2. The smallest absolute Gasteiger partial charge is 0.306 e. The highest BCUT2D eigenvalue weighted by Gasteiger charge is 2.22. The number of ketones is 1. The van der Waals surface area contributed by atoms with Crippen LogP contribution in [0.5, 0.6) is 0 Å². The monoisotopic (exact) mass is 354 g/mol. The van der Waals surface area contributed by atoms with Gasteiger partial charge in [-0.3, -0.25) is 4.79 Å². The van der Waals surface area contributed by atoms with Crippen molar-refractivity contribution in [1.82, 2.24) is 0 Å². The highest BCUT2D eigenvalue weighted by molar-refractivity contribution is 9.10. The number of Topliss-reactive ketones (excluding diaryl/α,β-unsaturated/α-hetero) is 1. The van der Waals surface area contributed by atoms with Gasteiger partial charge in [0.1, 0.15) is 5.78 Å². The average Bonchev–Trinajstić information content (AvgIpc) is 2.39. The molecule has 21 heavy (non-hydrogen) atoms. The molecule has 0 aliphatic rings. The number of esters is 1. The molecule has 0 saturated heterocycles. The van der Waals surface area contributed by atoms with Crippen LogP contribution < -0.4 is 0 Å². The molecule has 0 radical (unpaired) electrons. The second-order valence-electron chi connectivity index (χ2n) is 5.46. The maximum atomic E-state index is 11.8. The van der Waals surface area contributed by atoms with Crippen molar-refractivity contribution in [2.45, 2.75) is 53.4 Å². The van der Waals surface area contributed by atoms with E-state index in [1.807, 2.05) is 13.8 Å². The van der Waals surface area contributed by atoms with Crippen molar-refractivity contribution in [3.05, 3.63) is 32.8 Å². The van der Waals surface area contributed by atoms with Gasteiger partial charge in [0.25, 0.3) is 0 Å². The fourth-order valence-corrected chi connectivity index (χ4v) is 3.17. The van der Waals surface area contributed by atoms with Gasteiger partial charge in [0.15, 0.2) is 0 Å². The van der Waals surface area contributed by atoms with Crippen LogP contribution >= 0.6 is 15.9 Å². The van der Waals surface area contributed by atoms with E-state index < -0.39 is 0 Å². The Hall–Kier alpha value is -1.16. The molecule has 0 amide bonds. The first-order chi connectivity index (χ1) is 9.77. The van der Waals surface area contributed by atoms with Gasteiger partial charge >= 0.3 is 5.97 Å². The van der Waals surface area contributed by atoms with Crippen LogP contribution in [0.2, 0.25) is 0 Å². The summed E-state index contributed by atoms with van der Waals surface area (Å²) in [5.74, 6) is -0.326. The van der Waals surface area contributed by atoms with Gasteiger partial charge in [-0.1, -0.05) is 22.0 Å². The van der Waals surface area contributed by atoms with Gasteiger partial charge in [0, 0.05) is 16.8 Å². The summed E-state index contributed by atoms with van der Waals surface area (Å²) in [4.78, 5) is 23.4. The number of halogens is 1. The number of ether oxygens (including phenoxy) is 1. The molecule has 0 bridgehead atoms. The zero-order valence-electron chi connectivity index (χ0n) is 13.4. The Morgan fingerprint density at radius 2 is 1.81 bits per heavy atom. The van der Waals surface area contributed by atoms with E-state index in [2.05, 4.69) is 28.9 Å². The molecule has 0 fully saturated rings. The molecule has 3 nitrogen and oxygen atoms in total. The molecule has 1 aromatic carbocycles. The first kappa shape index (κ1) is 17.9. The molecule has 0 spiro atoms. The lowest BCUT2D eigenvalue weighted by atomic mass is 9.87. The van der Waals surface area contributed by atoms with Crippen molar-refractivity contribution in [2.24, 2.45) is 0 Å². The third kappa shape index (κ3) is 4.67. The Bertz CT molecular complexity index is 549. The Kier molecular flexibility index (Phi) is 6.59. The summed E-state index contributed by atoms with van der Waals surface area (Å²) in [6.45, 7) is 9.87. The predicted octanol–water partition coefficient (Wildman–Crippen LogP) is 4.39. The highest BCUT2D eigenvalue weighted by atomic mass is 79.9. The molecule has 1 rings (SSSR count). The SMILES string of the molecule is CCOC(=O)CC(CC(C)=O)c1cc(C)c(C)c(C)c1Br. The Morgan fingerprint density at radius 3 is 2.33 bits per heavy atom. The number of benzene rings is 1. The van der Waals surface area contributed by atoms with E-state index in [1.54, 1.807) is 13.8 Å². The lowest BCUT2D eigenvalue weighted by Crippen LogP contribution is -2.14. The van der Waals surface area contributed by atoms with E-state index in [0.29, 0.717) is 13.0 Å². The van der Waals surface area contributed by atoms with Crippen LogP contribution in [-0.2, 0) is 14.3 Å². The van der Waals surface area contributed by atoms with E-state index in [-0.39, 0.29) is 24.1 Å². The third-order valence-corrected chi connectivity index (χ3v) is 4.85. The number of rotatable bonds is 6. The molecule has 0 heterocycles. The van der Waals surface area contributed by atoms with Gasteiger partial charge in [0.05, 0.1) is 13.0 Å². The maximum Gasteiger partial charge on any atom is 0.306 e. The van der Waals surface area contributed by atoms with Crippen molar-refractivity contribution in [3.63, 3.8) is 0 Å². The van der Waals surface area contributed by atoms with Crippen molar-refractivity contribution >= 4 is 27.7 Å². The van der Waals surface area contributed by atoms with Gasteiger partial charge in [-0.25, -0.2) is 0 Å². The summed E-state index contributed by atoms with van der Waals surface area (Å²) in [7, 11) is 0. The number of hydrogen-bond acceptors (Lipinski definition) is 3. The van der Waals surface area contributed by atoms with Crippen molar-refractivity contribution in [3.8, 4) is 0 Å². The first-order valence-electron chi connectivity index (χ1n) is 7.19. The highest BCUT2D eigenvalue weighted by Crippen LogP contribution is 2.35. The normalized spacial score (nSPS) is 12.1. The van der Waals surface area contributed by atoms with E-state index in [4.69, 9.17) is 4.74 Å². The molecule has 0 aliphatic heterocycles. The van der Waals surface area contributed by atoms with E-state index in [9.17, 15) is 9.59 Å². The Balaban J connectivity index is 3.20. The van der Waals surface area contributed by atoms with Gasteiger partial charge in [0.2, 0.25) is 0 Å². The molecule has 0 aromatic heterocycles. The zero-order valence-corrected chi connectivity index (χ0v) is 15.0. The average molecular weight is 355 g/mol. The summed E-state index contributed by atoms with van der Waals surface area (Å²) in [6, 6.07) is 2.07. The summed E-state index contributed by atoms with van der Waals surface area (Å²) < 4.78 is 6.02.